The number of methoxy groups -OCH3 is 1. The lowest BCUT2D eigenvalue weighted by Crippen LogP contribution is -2.05. The first kappa shape index (κ1) is 13.2. The highest BCUT2D eigenvalue weighted by molar-refractivity contribution is 7.09. The highest BCUT2D eigenvalue weighted by atomic mass is 32.1. The van der Waals surface area contributed by atoms with Gasteiger partial charge in [0.05, 0.1) is 29.8 Å². The lowest BCUT2D eigenvalue weighted by Gasteiger charge is -2.07. The Balaban J connectivity index is 2.22. The molecule has 8 heteroatoms. The highest BCUT2D eigenvalue weighted by Gasteiger charge is 2.16. The van der Waals surface area contributed by atoms with Crippen LogP contribution >= 0.6 is 11.3 Å². The monoisotopic (exact) mass is 280 g/mol. The van der Waals surface area contributed by atoms with Gasteiger partial charge in [0.2, 0.25) is 11.7 Å². The number of aromatic nitrogens is 2. The molecule has 2 aromatic heterocycles. The number of thiazole rings is 1. The lowest BCUT2D eigenvalue weighted by molar-refractivity contribution is -0.384. The van der Waals surface area contributed by atoms with Crippen molar-refractivity contribution in [1.29, 1.82) is 0 Å². The summed E-state index contributed by atoms with van der Waals surface area (Å²) in [5, 5.41) is 13.9. The Morgan fingerprint density at radius 2 is 2.32 bits per heavy atom. The quantitative estimate of drug-likeness (QED) is 0.668. The fraction of sp³-hybridized carbons (Fsp3) is 0.273. The molecule has 7 nitrogen and oxygen atoms in total. The summed E-state index contributed by atoms with van der Waals surface area (Å²) >= 11 is 1.49. The number of nitro groups is 1. The van der Waals surface area contributed by atoms with Crippen LogP contribution in [0.3, 0.4) is 0 Å². The van der Waals surface area contributed by atoms with Gasteiger partial charge >= 0.3 is 5.69 Å². The van der Waals surface area contributed by atoms with Crippen LogP contribution in [0.15, 0.2) is 17.6 Å². The molecule has 0 aromatic carbocycles. The van der Waals surface area contributed by atoms with Crippen LogP contribution in [0.25, 0.3) is 0 Å². The van der Waals surface area contributed by atoms with Crippen LogP contribution in [0.5, 0.6) is 5.88 Å². The average molecular weight is 280 g/mol. The van der Waals surface area contributed by atoms with E-state index in [0.717, 1.165) is 10.6 Å². The summed E-state index contributed by atoms with van der Waals surface area (Å²) in [6.45, 7) is 2.33. The molecule has 2 rings (SSSR count). The molecule has 2 aromatic rings. The van der Waals surface area contributed by atoms with Crippen LogP contribution in [-0.4, -0.2) is 22.0 Å². The van der Waals surface area contributed by atoms with Crippen molar-refractivity contribution in [2.24, 2.45) is 0 Å². The van der Waals surface area contributed by atoms with Gasteiger partial charge in [-0.15, -0.1) is 11.3 Å². The Morgan fingerprint density at radius 3 is 2.89 bits per heavy atom. The minimum atomic E-state index is -0.478. The first-order valence-corrected chi connectivity index (χ1v) is 6.32. The van der Waals surface area contributed by atoms with Gasteiger partial charge in [-0.3, -0.25) is 10.1 Å². The van der Waals surface area contributed by atoms with Crippen LogP contribution in [0.2, 0.25) is 0 Å². The molecule has 0 saturated heterocycles. The number of pyridine rings is 1. The number of nitrogens with one attached hydrogen (secondary N) is 1. The molecule has 0 atom stereocenters. The molecule has 0 amide bonds. The van der Waals surface area contributed by atoms with Gasteiger partial charge < -0.3 is 10.1 Å². The molecule has 0 saturated carbocycles. The fourth-order valence-electron chi connectivity index (χ4n) is 1.48. The minimum absolute atomic E-state index is 0.0806. The van der Waals surface area contributed by atoms with E-state index in [-0.39, 0.29) is 11.5 Å². The van der Waals surface area contributed by atoms with E-state index >= 15 is 0 Å². The maximum atomic E-state index is 10.9. The molecular formula is C11H12N4O3S. The van der Waals surface area contributed by atoms with Gasteiger partial charge in [0.1, 0.15) is 0 Å². The second kappa shape index (κ2) is 5.61. The topological polar surface area (TPSA) is 90.2 Å². The molecule has 0 aliphatic heterocycles. The standard InChI is InChI=1S/C11H12N4O3S/c1-7-9(19-6-13-7)5-12-11-8(15(16)17)3-4-10(14-11)18-2/h3-4,6H,5H2,1-2H3,(H,12,14). The number of anilines is 1. The Hall–Kier alpha value is -2.22. The van der Waals surface area contributed by atoms with E-state index in [4.69, 9.17) is 4.74 Å². The molecule has 19 heavy (non-hydrogen) atoms. The van der Waals surface area contributed by atoms with Gasteiger partial charge in [0, 0.05) is 17.0 Å². The van der Waals surface area contributed by atoms with Gasteiger partial charge in [-0.1, -0.05) is 0 Å². The van der Waals surface area contributed by atoms with Gasteiger partial charge in [-0.2, -0.15) is 4.98 Å². The van der Waals surface area contributed by atoms with Gasteiger partial charge in [0.25, 0.3) is 0 Å². The SMILES string of the molecule is COc1ccc([N+](=O)[O-])c(NCc2scnc2C)n1. The van der Waals surface area contributed by atoms with E-state index in [0.29, 0.717) is 12.4 Å². The summed E-state index contributed by atoms with van der Waals surface area (Å²) in [6.07, 6.45) is 0. The van der Waals surface area contributed by atoms with Gasteiger partial charge in [-0.25, -0.2) is 4.98 Å². The molecule has 100 valence electrons. The number of hydrogen-bond donors (Lipinski definition) is 1. The molecule has 0 spiro atoms. The van der Waals surface area contributed by atoms with Crippen molar-refractivity contribution in [2.45, 2.75) is 13.5 Å². The van der Waals surface area contributed by atoms with Crippen molar-refractivity contribution >= 4 is 22.8 Å². The third-order valence-corrected chi connectivity index (χ3v) is 3.45. The molecule has 0 aliphatic rings. The highest BCUT2D eigenvalue weighted by Crippen LogP contribution is 2.26. The Labute approximate surface area is 113 Å². The van der Waals surface area contributed by atoms with Crippen molar-refractivity contribution in [1.82, 2.24) is 9.97 Å². The number of nitrogens with zero attached hydrogens (tertiary/aromatic N) is 3. The predicted molar refractivity (Wildman–Crippen MR) is 71.6 cm³/mol. The van der Waals surface area contributed by atoms with Crippen LogP contribution < -0.4 is 10.1 Å². The molecule has 1 N–H and O–H groups in total. The molecule has 2 heterocycles. The van der Waals surface area contributed by atoms with Crippen molar-refractivity contribution in [3.8, 4) is 5.88 Å². The molecule has 0 radical (unpaired) electrons. The van der Waals surface area contributed by atoms with E-state index in [1.54, 1.807) is 5.51 Å². The minimum Gasteiger partial charge on any atom is -0.481 e. The van der Waals surface area contributed by atoms with Crippen molar-refractivity contribution in [3.05, 3.63) is 38.3 Å². The zero-order valence-electron chi connectivity index (χ0n) is 10.4. The molecule has 0 unspecified atom stereocenters. The largest absolute Gasteiger partial charge is 0.481 e. The number of ether oxygens (including phenoxy) is 1. The summed E-state index contributed by atoms with van der Waals surface area (Å²) in [6, 6.07) is 2.83. The van der Waals surface area contributed by atoms with Crippen molar-refractivity contribution < 1.29 is 9.66 Å². The van der Waals surface area contributed by atoms with E-state index in [1.165, 1.54) is 30.6 Å². The van der Waals surface area contributed by atoms with Crippen LogP contribution in [0, 0.1) is 17.0 Å². The molecule has 0 aliphatic carbocycles. The maximum Gasteiger partial charge on any atom is 0.311 e. The smallest absolute Gasteiger partial charge is 0.311 e. The summed E-state index contributed by atoms with van der Waals surface area (Å²) in [7, 11) is 1.46. The van der Waals surface area contributed by atoms with Crippen LogP contribution in [-0.2, 0) is 6.54 Å². The summed E-state index contributed by atoms with van der Waals surface area (Å²) < 4.78 is 4.97. The number of rotatable bonds is 5. The third-order valence-electron chi connectivity index (χ3n) is 2.52. The van der Waals surface area contributed by atoms with E-state index in [9.17, 15) is 10.1 Å². The second-order valence-electron chi connectivity index (χ2n) is 3.69. The molecular weight excluding hydrogens is 268 g/mol. The lowest BCUT2D eigenvalue weighted by atomic mass is 10.3. The van der Waals surface area contributed by atoms with Gasteiger partial charge in [0.15, 0.2) is 0 Å². The Kier molecular flexibility index (Phi) is 3.91. The Morgan fingerprint density at radius 1 is 1.53 bits per heavy atom. The Bertz CT molecular complexity index is 599. The second-order valence-corrected chi connectivity index (χ2v) is 4.63. The van der Waals surface area contributed by atoms with E-state index < -0.39 is 4.92 Å². The predicted octanol–water partition coefficient (Wildman–Crippen LogP) is 2.38. The zero-order valence-corrected chi connectivity index (χ0v) is 11.2. The fourth-order valence-corrected chi connectivity index (χ4v) is 2.20. The summed E-state index contributed by atoms with van der Waals surface area (Å²) in [5.74, 6) is 0.520. The number of aryl methyl sites for hydroxylation is 1. The van der Waals surface area contributed by atoms with Crippen LogP contribution in [0.4, 0.5) is 11.5 Å². The van der Waals surface area contributed by atoms with E-state index in [2.05, 4.69) is 15.3 Å². The van der Waals surface area contributed by atoms with Crippen LogP contribution in [0.1, 0.15) is 10.6 Å². The number of hydrogen-bond acceptors (Lipinski definition) is 7. The molecule has 0 bridgehead atoms. The third kappa shape index (κ3) is 2.97. The zero-order chi connectivity index (χ0) is 13.8. The van der Waals surface area contributed by atoms with Crippen molar-refractivity contribution in [3.63, 3.8) is 0 Å². The first-order chi connectivity index (χ1) is 9.11. The molecule has 0 fully saturated rings. The summed E-state index contributed by atoms with van der Waals surface area (Å²) in [4.78, 5) is 19.6. The average Bonchev–Trinajstić information content (AvgIpc) is 2.81. The van der Waals surface area contributed by atoms with Crippen molar-refractivity contribution in [2.75, 3.05) is 12.4 Å². The maximum absolute atomic E-state index is 10.9. The summed E-state index contributed by atoms with van der Waals surface area (Å²) in [5.41, 5.74) is 2.56. The van der Waals surface area contributed by atoms with Gasteiger partial charge in [-0.05, 0) is 6.92 Å². The normalized spacial score (nSPS) is 10.2. The first-order valence-electron chi connectivity index (χ1n) is 5.44. The van der Waals surface area contributed by atoms with E-state index in [1.807, 2.05) is 6.92 Å².